The number of benzene rings is 1. The molecule has 0 aliphatic heterocycles. The van der Waals surface area contributed by atoms with Crippen LogP contribution in [-0.4, -0.2) is 32.9 Å². The first-order chi connectivity index (χ1) is 10.9. The van der Waals surface area contributed by atoms with E-state index in [0.717, 1.165) is 5.56 Å². The molecule has 7 heteroatoms. The maximum Gasteiger partial charge on any atom is 0.325 e. The highest BCUT2D eigenvalue weighted by atomic mass is 16.5. The van der Waals surface area contributed by atoms with Crippen LogP contribution in [0.15, 0.2) is 36.5 Å². The number of anilines is 1. The number of carboxylic acids is 1. The lowest BCUT2D eigenvalue weighted by Crippen LogP contribution is -2.14. The van der Waals surface area contributed by atoms with Crippen molar-refractivity contribution in [2.75, 3.05) is 5.32 Å². The molecule has 2 rings (SSSR count). The van der Waals surface area contributed by atoms with Gasteiger partial charge in [-0.15, -0.1) is 0 Å². The van der Waals surface area contributed by atoms with Gasteiger partial charge in [-0.05, 0) is 31.5 Å². The third kappa shape index (κ3) is 5.23. The molecule has 1 aromatic carbocycles. The summed E-state index contributed by atoms with van der Waals surface area (Å²) in [6, 6.07) is 8.64. The van der Waals surface area contributed by atoms with Crippen molar-refractivity contribution in [3.63, 3.8) is 0 Å². The quantitative estimate of drug-likeness (QED) is 0.816. The lowest BCUT2D eigenvalue weighted by molar-refractivity contribution is -0.137. The molecule has 122 valence electrons. The van der Waals surface area contributed by atoms with Crippen molar-refractivity contribution in [2.24, 2.45) is 0 Å². The maximum absolute atomic E-state index is 12.1. The summed E-state index contributed by atoms with van der Waals surface area (Å²) < 4.78 is 6.74. The molecule has 0 aliphatic carbocycles. The van der Waals surface area contributed by atoms with Crippen molar-refractivity contribution in [1.82, 2.24) is 9.78 Å². The largest absolute Gasteiger partial charge is 0.480 e. The minimum Gasteiger partial charge on any atom is -0.480 e. The summed E-state index contributed by atoms with van der Waals surface area (Å²) in [6.07, 6.45) is 1.65. The summed E-state index contributed by atoms with van der Waals surface area (Å²) in [4.78, 5) is 22.7. The minimum absolute atomic E-state index is 0.152. The molecule has 1 aromatic heterocycles. The van der Waals surface area contributed by atoms with E-state index in [1.165, 1.54) is 10.9 Å². The number of amides is 1. The second-order valence-electron chi connectivity index (χ2n) is 5.30. The molecule has 2 aromatic rings. The van der Waals surface area contributed by atoms with Crippen LogP contribution in [0, 0.1) is 0 Å². The molecule has 0 unspecified atom stereocenters. The average Bonchev–Trinajstić information content (AvgIpc) is 2.91. The predicted molar refractivity (Wildman–Crippen MR) is 84.2 cm³/mol. The summed E-state index contributed by atoms with van der Waals surface area (Å²) in [5.74, 6) is -0.990. The lowest BCUT2D eigenvalue weighted by Gasteiger charge is -2.08. The number of aliphatic carboxylic acids is 1. The topological polar surface area (TPSA) is 93.5 Å². The first-order valence-corrected chi connectivity index (χ1v) is 7.21. The normalized spacial score (nSPS) is 10.7. The zero-order valence-corrected chi connectivity index (χ0v) is 13.0. The first-order valence-electron chi connectivity index (χ1n) is 7.21. The van der Waals surface area contributed by atoms with E-state index in [1.807, 2.05) is 26.0 Å². The van der Waals surface area contributed by atoms with Crippen molar-refractivity contribution >= 4 is 17.7 Å². The summed E-state index contributed by atoms with van der Waals surface area (Å²) in [6.45, 7) is 4.18. The van der Waals surface area contributed by atoms with Gasteiger partial charge in [0.2, 0.25) is 0 Å². The van der Waals surface area contributed by atoms with Gasteiger partial charge in [0.15, 0.2) is 5.82 Å². The van der Waals surface area contributed by atoms with E-state index in [-0.39, 0.29) is 18.6 Å². The molecule has 0 fully saturated rings. The Hall–Kier alpha value is -2.67. The number of hydrogen-bond donors (Lipinski definition) is 2. The number of carbonyl (C=O) groups is 2. The van der Waals surface area contributed by atoms with Crippen molar-refractivity contribution in [3.05, 3.63) is 47.7 Å². The van der Waals surface area contributed by atoms with Gasteiger partial charge in [-0.25, -0.2) is 0 Å². The van der Waals surface area contributed by atoms with Crippen molar-refractivity contribution in [1.29, 1.82) is 0 Å². The lowest BCUT2D eigenvalue weighted by atomic mass is 10.1. The van der Waals surface area contributed by atoms with Crippen LogP contribution in [-0.2, 0) is 22.7 Å². The molecule has 0 radical (unpaired) electrons. The zero-order chi connectivity index (χ0) is 16.8. The Kier molecular flexibility index (Phi) is 5.48. The zero-order valence-electron chi connectivity index (χ0n) is 13.0. The molecule has 23 heavy (non-hydrogen) atoms. The Balaban J connectivity index is 1.95. The number of carboxylic acid groups (broad SMARTS) is 1. The summed E-state index contributed by atoms with van der Waals surface area (Å²) in [7, 11) is 0. The Bertz CT molecular complexity index is 677. The molecule has 0 saturated heterocycles. The summed E-state index contributed by atoms with van der Waals surface area (Å²) in [5, 5.41) is 15.3. The van der Waals surface area contributed by atoms with Crippen LogP contribution >= 0.6 is 0 Å². The predicted octanol–water partition coefficient (Wildman–Crippen LogP) is 2.15. The third-order valence-corrected chi connectivity index (χ3v) is 2.98. The molecule has 0 aliphatic rings. The first kappa shape index (κ1) is 16.7. The Morgan fingerprint density at radius 1 is 1.26 bits per heavy atom. The number of ether oxygens (including phenoxy) is 1. The molecule has 0 atom stereocenters. The van der Waals surface area contributed by atoms with Gasteiger partial charge < -0.3 is 15.2 Å². The molecule has 0 spiro atoms. The van der Waals surface area contributed by atoms with Gasteiger partial charge in [0.25, 0.3) is 5.91 Å². The molecular formula is C16H19N3O4. The number of hydrogen-bond acceptors (Lipinski definition) is 4. The molecule has 0 bridgehead atoms. The Morgan fingerprint density at radius 2 is 1.96 bits per heavy atom. The Labute approximate surface area is 133 Å². The number of rotatable bonds is 7. The van der Waals surface area contributed by atoms with Gasteiger partial charge in [-0.2, -0.15) is 5.10 Å². The van der Waals surface area contributed by atoms with Gasteiger partial charge in [0, 0.05) is 17.8 Å². The van der Waals surface area contributed by atoms with Crippen LogP contribution in [0.2, 0.25) is 0 Å². The van der Waals surface area contributed by atoms with E-state index in [4.69, 9.17) is 9.84 Å². The number of nitrogens with zero attached hydrogens (tertiary/aromatic N) is 2. The standard InChI is InChI=1S/C16H19N3O4/c1-11(2)23-10-12-3-5-13(6-4-12)16(22)17-14-7-8-19(18-14)9-15(20)21/h3-8,11H,9-10H2,1-2H3,(H,20,21)(H,17,18,22). The third-order valence-electron chi connectivity index (χ3n) is 2.98. The van der Waals surface area contributed by atoms with Crippen LogP contribution in [0.5, 0.6) is 0 Å². The number of aromatic nitrogens is 2. The molecule has 0 saturated carbocycles. The van der Waals surface area contributed by atoms with Gasteiger partial charge in [0.1, 0.15) is 6.54 Å². The van der Waals surface area contributed by atoms with Crippen molar-refractivity contribution in [2.45, 2.75) is 33.1 Å². The maximum atomic E-state index is 12.1. The smallest absolute Gasteiger partial charge is 0.325 e. The Morgan fingerprint density at radius 3 is 2.57 bits per heavy atom. The van der Waals surface area contributed by atoms with E-state index >= 15 is 0 Å². The number of carbonyl (C=O) groups excluding carboxylic acids is 1. The highest BCUT2D eigenvalue weighted by molar-refractivity contribution is 6.03. The van der Waals surface area contributed by atoms with Crippen molar-refractivity contribution in [3.8, 4) is 0 Å². The molecule has 1 heterocycles. The van der Waals surface area contributed by atoms with E-state index in [0.29, 0.717) is 18.0 Å². The second kappa shape index (κ2) is 7.55. The van der Waals surface area contributed by atoms with Crippen LogP contribution in [0.1, 0.15) is 29.8 Å². The molecule has 7 nitrogen and oxygen atoms in total. The molecule has 1 amide bonds. The minimum atomic E-state index is -0.995. The van der Waals surface area contributed by atoms with E-state index in [2.05, 4.69) is 10.4 Å². The fraction of sp³-hybridized carbons (Fsp3) is 0.312. The van der Waals surface area contributed by atoms with Crippen LogP contribution in [0.3, 0.4) is 0 Å². The molecule has 2 N–H and O–H groups in total. The van der Waals surface area contributed by atoms with Crippen molar-refractivity contribution < 1.29 is 19.4 Å². The van der Waals surface area contributed by atoms with Gasteiger partial charge >= 0.3 is 5.97 Å². The highest BCUT2D eigenvalue weighted by Gasteiger charge is 2.09. The summed E-state index contributed by atoms with van der Waals surface area (Å²) >= 11 is 0. The van der Waals surface area contributed by atoms with Gasteiger partial charge in [-0.1, -0.05) is 12.1 Å². The van der Waals surface area contributed by atoms with E-state index in [9.17, 15) is 9.59 Å². The highest BCUT2D eigenvalue weighted by Crippen LogP contribution is 2.10. The average molecular weight is 317 g/mol. The van der Waals surface area contributed by atoms with Gasteiger partial charge in [0.05, 0.1) is 12.7 Å². The fourth-order valence-electron chi connectivity index (χ4n) is 1.86. The summed E-state index contributed by atoms with van der Waals surface area (Å²) in [5.41, 5.74) is 1.48. The van der Waals surface area contributed by atoms with E-state index in [1.54, 1.807) is 18.2 Å². The van der Waals surface area contributed by atoms with Gasteiger partial charge in [-0.3, -0.25) is 14.3 Å². The van der Waals surface area contributed by atoms with E-state index < -0.39 is 5.97 Å². The fourth-order valence-corrected chi connectivity index (χ4v) is 1.86. The molecular weight excluding hydrogens is 298 g/mol. The van der Waals surface area contributed by atoms with Crippen LogP contribution in [0.4, 0.5) is 5.82 Å². The second-order valence-corrected chi connectivity index (χ2v) is 5.30. The SMILES string of the molecule is CC(C)OCc1ccc(C(=O)Nc2ccn(CC(=O)O)n2)cc1. The van der Waals surface area contributed by atoms with Crippen LogP contribution in [0.25, 0.3) is 0 Å². The monoisotopic (exact) mass is 317 g/mol. The van der Waals surface area contributed by atoms with Crippen LogP contribution < -0.4 is 5.32 Å². The number of nitrogens with one attached hydrogen (secondary N) is 1.